The van der Waals surface area contributed by atoms with Crippen LogP contribution in [0.2, 0.25) is 0 Å². The largest absolute Gasteiger partial charge is 0.573 e. The van der Waals surface area contributed by atoms with Gasteiger partial charge in [-0.25, -0.2) is 0 Å². The normalized spacial score (nSPS) is 19.0. The second kappa shape index (κ2) is 9.29. The van der Waals surface area contributed by atoms with Gasteiger partial charge >= 0.3 is 6.36 Å². The molecule has 2 fully saturated rings. The highest BCUT2D eigenvalue weighted by molar-refractivity contribution is 5.70. The maximum atomic E-state index is 12.7. The van der Waals surface area contributed by atoms with Crippen molar-refractivity contribution in [3.05, 3.63) is 30.6 Å². The lowest BCUT2D eigenvalue weighted by Gasteiger charge is -2.23. The first-order valence-electron chi connectivity index (χ1n) is 10.8. The van der Waals surface area contributed by atoms with Crippen LogP contribution < -0.4 is 14.8 Å². The molecule has 1 N–H and O–H groups in total. The lowest BCUT2D eigenvalue weighted by Crippen LogP contribution is -2.29. The van der Waals surface area contributed by atoms with Crippen molar-refractivity contribution >= 4 is 0 Å². The van der Waals surface area contributed by atoms with Gasteiger partial charge in [-0.2, -0.15) is 5.10 Å². The van der Waals surface area contributed by atoms with Crippen LogP contribution in [0.5, 0.6) is 11.5 Å². The van der Waals surface area contributed by atoms with Gasteiger partial charge in [-0.1, -0.05) is 19.3 Å². The van der Waals surface area contributed by atoms with Gasteiger partial charge < -0.3 is 14.8 Å². The number of alkyl halides is 3. The van der Waals surface area contributed by atoms with Gasteiger partial charge in [-0.05, 0) is 56.8 Å². The van der Waals surface area contributed by atoms with Crippen molar-refractivity contribution in [3.8, 4) is 22.6 Å². The molecule has 1 aliphatic carbocycles. The second-order valence-electron chi connectivity index (χ2n) is 8.21. The predicted molar refractivity (Wildman–Crippen MR) is 108 cm³/mol. The number of halogens is 3. The summed E-state index contributed by atoms with van der Waals surface area (Å²) in [4.78, 5) is 0. The van der Waals surface area contributed by atoms with Crippen LogP contribution >= 0.6 is 0 Å². The summed E-state index contributed by atoms with van der Waals surface area (Å²) in [6, 6.07) is 4.63. The van der Waals surface area contributed by atoms with E-state index >= 15 is 0 Å². The Bertz CT molecular complexity index is 825. The van der Waals surface area contributed by atoms with E-state index in [2.05, 4.69) is 15.2 Å². The second-order valence-corrected chi connectivity index (χ2v) is 8.21. The first kappa shape index (κ1) is 21.0. The Morgan fingerprint density at radius 2 is 1.83 bits per heavy atom. The van der Waals surface area contributed by atoms with Crippen LogP contribution in [0.15, 0.2) is 30.6 Å². The Balaban J connectivity index is 1.56. The third-order valence-electron chi connectivity index (χ3n) is 5.98. The zero-order valence-corrected chi connectivity index (χ0v) is 17.0. The molecule has 0 radical (unpaired) electrons. The summed E-state index contributed by atoms with van der Waals surface area (Å²) in [6.45, 7) is 2.42. The molecule has 2 aromatic rings. The van der Waals surface area contributed by atoms with E-state index in [9.17, 15) is 13.2 Å². The highest BCUT2D eigenvalue weighted by Crippen LogP contribution is 2.37. The fourth-order valence-corrected chi connectivity index (χ4v) is 4.37. The van der Waals surface area contributed by atoms with Gasteiger partial charge in [-0.3, -0.25) is 4.68 Å². The molecule has 0 unspecified atom stereocenters. The molecule has 164 valence electrons. The summed E-state index contributed by atoms with van der Waals surface area (Å²) < 4.78 is 50.2. The summed E-state index contributed by atoms with van der Waals surface area (Å²) in [5.41, 5.74) is 1.58. The van der Waals surface area contributed by atoms with Crippen LogP contribution in [0.4, 0.5) is 13.2 Å². The van der Waals surface area contributed by atoms with E-state index in [0.29, 0.717) is 24.3 Å². The van der Waals surface area contributed by atoms with Gasteiger partial charge in [0.1, 0.15) is 11.5 Å². The van der Waals surface area contributed by atoms with Crippen LogP contribution in [-0.2, 0) is 0 Å². The lowest BCUT2D eigenvalue weighted by atomic mass is 9.90. The highest BCUT2D eigenvalue weighted by atomic mass is 19.4. The minimum atomic E-state index is -4.73. The Kier molecular flexibility index (Phi) is 6.51. The maximum Gasteiger partial charge on any atom is 0.573 e. The quantitative estimate of drug-likeness (QED) is 0.682. The lowest BCUT2D eigenvalue weighted by molar-refractivity contribution is -0.274. The molecule has 0 spiro atoms. The fourth-order valence-electron chi connectivity index (χ4n) is 4.37. The van der Waals surface area contributed by atoms with Gasteiger partial charge in [0.15, 0.2) is 0 Å². The average molecular weight is 423 g/mol. The third kappa shape index (κ3) is 5.47. The third-order valence-corrected chi connectivity index (χ3v) is 5.98. The summed E-state index contributed by atoms with van der Waals surface area (Å²) in [6.07, 6.45) is 6.80. The molecule has 2 aliphatic rings. The Morgan fingerprint density at radius 3 is 2.57 bits per heavy atom. The monoisotopic (exact) mass is 423 g/mol. The van der Waals surface area contributed by atoms with E-state index < -0.39 is 6.36 Å². The average Bonchev–Trinajstić information content (AvgIpc) is 3.23. The van der Waals surface area contributed by atoms with Gasteiger partial charge in [0.05, 0.1) is 18.8 Å². The zero-order valence-electron chi connectivity index (χ0n) is 17.0. The molecule has 8 heteroatoms. The van der Waals surface area contributed by atoms with Crippen molar-refractivity contribution in [1.29, 1.82) is 0 Å². The molecule has 1 saturated carbocycles. The SMILES string of the molecule is FC(F)(F)Oc1ccc(-c2cnn(C3CCNCC3)c2)c(OCC2CCCCC2)c1. The van der Waals surface area contributed by atoms with E-state index in [1.54, 1.807) is 12.3 Å². The molecule has 0 amide bonds. The molecule has 4 rings (SSSR count). The van der Waals surface area contributed by atoms with Crippen molar-refractivity contribution < 1.29 is 22.6 Å². The molecule has 1 saturated heterocycles. The van der Waals surface area contributed by atoms with E-state index in [1.165, 1.54) is 31.4 Å². The van der Waals surface area contributed by atoms with E-state index in [-0.39, 0.29) is 5.75 Å². The maximum absolute atomic E-state index is 12.7. The van der Waals surface area contributed by atoms with E-state index in [1.807, 2.05) is 10.9 Å². The standard InChI is InChI=1S/C22H28F3N3O2/c23-22(24,25)30-19-6-7-20(21(12-19)29-15-16-4-2-1-3-5-16)17-13-27-28(14-17)18-8-10-26-11-9-18/h6-7,12-14,16,18,26H,1-5,8-11,15H2. The Labute approximate surface area is 174 Å². The molecule has 1 aliphatic heterocycles. The van der Waals surface area contributed by atoms with Crippen LogP contribution in [0.3, 0.4) is 0 Å². The van der Waals surface area contributed by atoms with Gasteiger partial charge in [0, 0.05) is 23.4 Å². The first-order valence-corrected chi connectivity index (χ1v) is 10.8. The molecular weight excluding hydrogens is 395 g/mol. The van der Waals surface area contributed by atoms with Crippen molar-refractivity contribution in [2.75, 3.05) is 19.7 Å². The van der Waals surface area contributed by atoms with E-state index in [0.717, 1.165) is 49.9 Å². The summed E-state index contributed by atoms with van der Waals surface area (Å²) in [5, 5.41) is 7.85. The minimum Gasteiger partial charge on any atom is -0.493 e. The van der Waals surface area contributed by atoms with Crippen molar-refractivity contribution in [1.82, 2.24) is 15.1 Å². The summed E-state index contributed by atoms with van der Waals surface area (Å²) in [7, 11) is 0. The van der Waals surface area contributed by atoms with Crippen molar-refractivity contribution in [2.24, 2.45) is 5.92 Å². The number of nitrogens with zero attached hydrogens (tertiary/aromatic N) is 2. The number of nitrogens with one attached hydrogen (secondary N) is 1. The highest BCUT2D eigenvalue weighted by Gasteiger charge is 2.31. The smallest absolute Gasteiger partial charge is 0.493 e. The fraction of sp³-hybridized carbons (Fsp3) is 0.591. The molecule has 30 heavy (non-hydrogen) atoms. The Morgan fingerprint density at radius 1 is 1.07 bits per heavy atom. The number of aromatic nitrogens is 2. The molecule has 2 heterocycles. The number of hydrogen-bond donors (Lipinski definition) is 1. The van der Waals surface area contributed by atoms with Gasteiger partial charge in [0.25, 0.3) is 0 Å². The van der Waals surface area contributed by atoms with Crippen LogP contribution in [0.1, 0.15) is 51.0 Å². The zero-order chi connectivity index (χ0) is 21.0. The molecule has 1 aromatic carbocycles. The molecule has 1 aromatic heterocycles. The molecule has 5 nitrogen and oxygen atoms in total. The number of piperidine rings is 1. The number of rotatable bonds is 6. The molecular formula is C22H28F3N3O2. The summed E-state index contributed by atoms with van der Waals surface area (Å²) in [5.74, 6) is 0.582. The number of hydrogen-bond acceptors (Lipinski definition) is 4. The predicted octanol–water partition coefficient (Wildman–Crippen LogP) is 5.33. The molecule has 0 atom stereocenters. The van der Waals surface area contributed by atoms with Crippen LogP contribution in [0, 0.1) is 5.92 Å². The molecule has 0 bridgehead atoms. The first-order chi connectivity index (χ1) is 14.5. The van der Waals surface area contributed by atoms with Crippen molar-refractivity contribution in [2.45, 2.75) is 57.3 Å². The Hall–Kier alpha value is -2.22. The van der Waals surface area contributed by atoms with E-state index in [4.69, 9.17) is 4.74 Å². The summed E-state index contributed by atoms with van der Waals surface area (Å²) >= 11 is 0. The van der Waals surface area contributed by atoms with Crippen LogP contribution in [0.25, 0.3) is 11.1 Å². The number of ether oxygens (including phenoxy) is 2. The number of benzene rings is 1. The van der Waals surface area contributed by atoms with Crippen molar-refractivity contribution in [3.63, 3.8) is 0 Å². The topological polar surface area (TPSA) is 48.3 Å². The minimum absolute atomic E-state index is 0.268. The van der Waals surface area contributed by atoms with Gasteiger partial charge in [-0.15, -0.1) is 13.2 Å². The van der Waals surface area contributed by atoms with Gasteiger partial charge in [0.2, 0.25) is 0 Å². The van der Waals surface area contributed by atoms with Crippen LogP contribution in [-0.4, -0.2) is 35.8 Å².